The molecule has 0 aromatic rings. The number of Topliss-reactive ketones (excluding diaryl/α,β-unsaturated/α-hetero) is 1. The number of aliphatic carboxylic acids is 1. The standard InChI is InChI=1S/C31H43NO3/c1-26(2)12-14-31(25(34)35)15-13-29(6)20(21(31)17-26)8-9-23-28(5)16-19(18-32)24(33)27(3,4)22(28)10-11-30(23,29)7/h8,16,21-23H,9-15,17H2,1-7H3,(H,34,35)/t21-,22-,23+,28-,29+,30+,31-/m0/s1. The Morgan fingerprint density at radius 1 is 1.00 bits per heavy atom. The van der Waals surface area contributed by atoms with Crippen molar-refractivity contribution in [3.05, 3.63) is 23.3 Å². The fraction of sp³-hybridized carbons (Fsp3) is 0.774. The molecule has 35 heavy (non-hydrogen) atoms. The molecule has 7 atom stereocenters. The van der Waals surface area contributed by atoms with E-state index in [9.17, 15) is 20.0 Å². The van der Waals surface area contributed by atoms with Crippen molar-refractivity contribution in [3.63, 3.8) is 0 Å². The molecular weight excluding hydrogens is 434 g/mol. The van der Waals surface area contributed by atoms with Gasteiger partial charge < -0.3 is 5.11 Å². The highest BCUT2D eigenvalue weighted by atomic mass is 16.4. The average Bonchev–Trinajstić information content (AvgIpc) is 2.76. The summed E-state index contributed by atoms with van der Waals surface area (Å²) in [5.74, 6) is 0.0368. The van der Waals surface area contributed by atoms with E-state index in [0.29, 0.717) is 11.5 Å². The molecule has 5 aliphatic carbocycles. The lowest BCUT2D eigenvalue weighted by Crippen LogP contribution is -2.64. The van der Waals surface area contributed by atoms with Crippen LogP contribution >= 0.6 is 0 Å². The number of carbonyl (C=O) groups is 2. The van der Waals surface area contributed by atoms with Gasteiger partial charge in [0.25, 0.3) is 0 Å². The predicted octanol–water partition coefficient (Wildman–Crippen LogP) is 7.11. The molecular formula is C31H43NO3. The molecule has 0 saturated heterocycles. The molecule has 3 saturated carbocycles. The van der Waals surface area contributed by atoms with Gasteiger partial charge in [-0.25, -0.2) is 0 Å². The van der Waals surface area contributed by atoms with Crippen LogP contribution in [0.25, 0.3) is 0 Å². The molecule has 5 rings (SSSR count). The van der Waals surface area contributed by atoms with Crippen LogP contribution in [0.2, 0.25) is 0 Å². The van der Waals surface area contributed by atoms with E-state index in [1.165, 1.54) is 5.57 Å². The SMILES string of the molecule is CC1(C)CC[C@]2(C(=O)O)CC[C@]3(C)C(=CC[C@@H]4[C@@]5(C)C=C(C#N)C(=O)C(C)(C)[C@@H]5CC[C@]43C)[C@@H]2C1. The average molecular weight is 478 g/mol. The van der Waals surface area contributed by atoms with Crippen molar-refractivity contribution in [2.24, 2.45) is 50.2 Å². The lowest BCUT2D eigenvalue weighted by Gasteiger charge is -2.69. The number of carboxylic acid groups (broad SMARTS) is 1. The summed E-state index contributed by atoms with van der Waals surface area (Å²) in [6.45, 7) is 15.9. The summed E-state index contributed by atoms with van der Waals surface area (Å²) in [4.78, 5) is 25.9. The van der Waals surface area contributed by atoms with Gasteiger partial charge in [-0.1, -0.05) is 66.2 Å². The highest BCUT2D eigenvalue weighted by Crippen LogP contribution is 2.75. The Kier molecular flexibility index (Phi) is 5.04. The Hall–Kier alpha value is -1.89. The molecule has 5 aliphatic rings. The molecule has 0 aromatic carbocycles. The number of hydrogen-bond acceptors (Lipinski definition) is 3. The van der Waals surface area contributed by atoms with E-state index < -0.39 is 16.8 Å². The van der Waals surface area contributed by atoms with Crippen molar-refractivity contribution in [1.29, 1.82) is 5.26 Å². The third-order valence-corrected chi connectivity index (χ3v) is 12.5. The minimum Gasteiger partial charge on any atom is -0.481 e. The molecule has 0 heterocycles. The van der Waals surface area contributed by atoms with Crippen molar-refractivity contribution < 1.29 is 14.7 Å². The first-order valence-electron chi connectivity index (χ1n) is 13.7. The molecule has 0 aliphatic heterocycles. The van der Waals surface area contributed by atoms with E-state index in [2.05, 4.69) is 46.8 Å². The Labute approximate surface area is 211 Å². The molecule has 0 spiro atoms. The second kappa shape index (κ2) is 7.11. The maximum Gasteiger partial charge on any atom is 0.310 e. The molecule has 4 nitrogen and oxygen atoms in total. The van der Waals surface area contributed by atoms with Crippen LogP contribution in [-0.4, -0.2) is 16.9 Å². The van der Waals surface area contributed by atoms with Gasteiger partial charge in [0.1, 0.15) is 6.07 Å². The van der Waals surface area contributed by atoms with E-state index in [-0.39, 0.29) is 39.3 Å². The van der Waals surface area contributed by atoms with Crippen LogP contribution in [0.15, 0.2) is 23.3 Å². The van der Waals surface area contributed by atoms with Crippen LogP contribution in [0.5, 0.6) is 0 Å². The lowest BCUT2D eigenvalue weighted by molar-refractivity contribution is -0.174. The predicted molar refractivity (Wildman–Crippen MR) is 136 cm³/mol. The van der Waals surface area contributed by atoms with E-state index in [4.69, 9.17) is 0 Å². The number of carboxylic acids is 1. The first-order chi connectivity index (χ1) is 16.1. The van der Waals surface area contributed by atoms with Crippen LogP contribution in [0, 0.1) is 61.6 Å². The van der Waals surface area contributed by atoms with Crippen LogP contribution in [0.4, 0.5) is 0 Å². The Bertz CT molecular complexity index is 1100. The maximum absolute atomic E-state index is 13.2. The minimum atomic E-state index is -0.627. The first-order valence-corrected chi connectivity index (χ1v) is 13.7. The van der Waals surface area contributed by atoms with Crippen molar-refractivity contribution in [2.45, 2.75) is 99.8 Å². The zero-order valence-corrected chi connectivity index (χ0v) is 22.8. The third kappa shape index (κ3) is 2.90. The van der Waals surface area contributed by atoms with Gasteiger partial charge in [0.2, 0.25) is 0 Å². The van der Waals surface area contributed by atoms with Crippen LogP contribution in [0.3, 0.4) is 0 Å². The second-order valence-corrected chi connectivity index (χ2v) is 14.8. The first kappa shape index (κ1) is 24.8. The normalized spacial score (nSPS) is 47.6. The van der Waals surface area contributed by atoms with Crippen molar-refractivity contribution in [3.8, 4) is 6.07 Å². The minimum absolute atomic E-state index is 0.00210. The zero-order chi connectivity index (χ0) is 25.8. The maximum atomic E-state index is 13.2. The molecule has 0 bridgehead atoms. The van der Waals surface area contributed by atoms with Gasteiger partial charge >= 0.3 is 5.97 Å². The molecule has 0 aromatic heterocycles. The number of rotatable bonds is 1. The quantitative estimate of drug-likeness (QED) is 0.408. The van der Waals surface area contributed by atoms with Crippen molar-refractivity contribution in [1.82, 2.24) is 0 Å². The monoisotopic (exact) mass is 477 g/mol. The van der Waals surface area contributed by atoms with Gasteiger partial charge in [0.15, 0.2) is 5.78 Å². The van der Waals surface area contributed by atoms with E-state index >= 15 is 0 Å². The smallest absolute Gasteiger partial charge is 0.310 e. The molecule has 3 fully saturated rings. The van der Waals surface area contributed by atoms with Gasteiger partial charge in [0.05, 0.1) is 11.0 Å². The number of hydrogen-bond donors (Lipinski definition) is 1. The summed E-state index contributed by atoms with van der Waals surface area (Å²) in [5, 5.41) is 20.4. The zero-order valence-electron chi connectivity index (χ0n) is 22.8. The van der Waals surface area contributed by atoms with Crippen LogP contribution < -0.4 is 0 Å². The third-order valence-electron chi connectivity index (χ3n) is 12.5. The van der Waals surface area contributed by atoms with Crippen LogP contribution in [0.1, 0.15) is 99.8 Å². The molecule has 4 heteroatoms. The lowest BCUT2D eigenvalue weighted by atomic mass is 9.34. The second-order valence-electron chi connectivity index (χ2n) is 14.8. The largest absolute Gasteiger partial charge is 0.481 e. The molecule has 0 radical (unpaired) electrons. The van der Waals surface area contributed by atoms with Crippen molar-refractivity contribution >= 4 is 11.8 Å². The molecule has 0 unspecified atom stereocenters. The number of ketones is 1. The number of nitrogens with zero attached hydrogens (tertiary/aromatic N) is 1. The van der Waals surface area contributed by atoms with E-state index in [1.54, 1.807) is 0 Å². The van der Waals surface area contributed by atoms with Gasteiger partial charge in [0, 0.05) is 5.41 Å². The summed E-state index contributed by atoms with van der Waals surface area (Å²) < 4.78 is 0. The molecule has 1 N–H and O–H groups in total. The van der Waals surface area contributed by atoms with E-state index in [0.717, 1.165) is 51.4 Å². The summed E-state index contributed by atoms with van der Waals surface area (Å²) in [5.41, 5.74) is 0.443. The molecule has 190 valence electrons. The topological polar surface area (TPSA) is 78.2 Å². The molecule has 0 amide bonds. The highest BCUT2D eigenvalue weighted by molar-refractivity contribution is 6.04. The Balaban J connectivity index is 1.66. The number of nitriles is 1. The summed E-state index contributed by atoms with van der Waals surface area (Å²) in [6.07, 6.45) is 11.8. The Morgan fingerprint density at radius 2 is 1.66 bits per heavy atom. The highest BCUT2D eigenvalue weighted by Gasteiger charge is 2.69. The summed E-state index contributed by atoms with van der Waals surface area (Å²) in [6, 6.07) is 2.24. The fourth-order valence-electron chi connectivity index (χ4n) is 10.2. The van der Waals surface area contributed by atoms with Gasteiger partial charge in [-0.3, -0.25) is 9.59 Å². The number of allylic oxidation sites excluding steroid dienone is 4. The number of fused-ring (bicyclic) bond motifs is 7. The van der Waals surface area contributed by atoms with Gasteiger partial charge in [-0.2, -0.15) is 5.26 Å². The number of carbonyl (C=O) groups excluding carboxylic acids is 1. The summed E-state index contributed by atoms with van der Waals surface area (Å²) >= 11 is 0. The Morgan fingerprint density at radius 3 is 2.29 bits per heavy atom. The van der Waals surface area contributed by atoms with Crippen molar-refractivity contribution in [2.75, 3.05) is 0 Å². The van der Waals surface area contributed by atoms with Gasteiger partial charge in [-0.05, 0) is 90.8 Å². The van der Waals surface area contributed by atoms with Crippen LogP contribution in [-0.2, 0) is 9.59 Å². The van der Waals surface area contributed by atoms with Gasteiger partial charge in [-0.15, -0.1) is 0 Å². The fourth-order valence-corrected chi connectivity index (χ4v) is 10.2. The van der Waals surface area contributed by atoms with E-state index in [1.807, 2.05) is 19.9 Å². The summed E-state index contributed by atoms with van der Waals surface area (Å²) in [7, 11) is 0.